The lowest BCUT2D eigenvalue weighted by atomic mass is 9.80. The van der Waals surface area contributed by atoms with Crippen molar-refractivity contribution in [1.82, 2.24) is 5.32 Å². The van der Waals surface area contributed by atoms with Gasteiger partial charge in [0.25, 0.3) is 0 Å². The lowest BCUT2D eigenvalue weighted by Crippen LogP contribution is -2.36. The third-order valence-electron chi connectivity index (χ3n) is 5.99. The molecule has 2 heterocycles. The van der Waals surface area contributed by atoms with Crippen molar-refractivity contribution < 1.29 is 23.1 Å². The molecule has 34 heavy (non-hydrogen) atoms. The zero-order valence-corrected chi connectivity index (χ0v) is 20.0. The maximum absolute atomic E-state index is 13.9. The Hall–Kier alpha value is -2.61. The van der Waals surface area contributed by atoms with Crippen molar-refractivity contribution in [2.45, 2.75) is 25.4 Å². The first-order chi connectivity index (χ1) is 16.0. The molecule has 8 heteroatoms. The van der Waals surface area contributed by atoms with E-state index in [2.05, 4.69) is 5.32 Å². The number of ketones is 1. The van der Waals surface area contributed by atoms with Gasteiger partial charge in [-0.2, -0.15) is 0 Å². The van der Waals surface area contributed by atoms with E-state index in [0.29, 0.717) is 16.0 Å². The van der Waals surface area contributed by atoms with Crippen LogP contribution in [0.2, 0.25) is 0 Å². The standard InChI is InChI=1S/C26H25F2NO3S.ClH/c27-20-6-1-4-18(14-20)26(19-5-2-7-21(28)15-19)32-24(30)16-22(17-9-11-29-12-10-17)25(31)23-8-3-13-33-23;/h1-8,13-15,17,22,26,29H,9-12,16H2;1H. The predicted molar refractivity (Wildman–Crippen MR) is 130 cm³/mol. The highest BCUT2D eigenvalue weighted by atomic mass is 35.5. The number of rotatable bonds is 8. The van der Waals surface area contributed by atoms with E-state index < -0.39 is 29.6 Å². The van der Waals surface area contributed by atoms with Crippen LogP contribution in [0.3, 0.4) is 0 Å². The first-order valence-electron chi connectivity index (χ1n) is 11.0. The average molecular weight is 506 g/mol. The minimum absolute atomic E-state index is 0. The van der Waals surface area contributed by atoms with Gasteiger partial charge in [-0.1, -0.05) is 30.3 Å². The summed E-state index contributed by atoms with van der Waals surface area (Å²) in [5, 5.41) is 5.13. The monoisotopic (exact) mass is 505 g/mol. The lowest BCUT2D eigenvalue weighted by Gasteiger charge is -2.29. The highest BCUT2D eigenvalue weighted by Crippen LogP contribution is 2.32. The zero-order valence-electron chi connectivity index (χ0n) is 18.4. The smallest absolute Gasteiger partial charge is 0.307 e. The van der Waals surface area contributed by atoms with Crippen LogP contribution in [0.25, 0.3) is 0 Å². The van der Waals surface area contributed by atoms with Crippen LogP contribution in [0.1, 0.15) is 46.2 Å². The molecule has 1 atom stereocenters. The molecule has 1 aromatic heterocycles. The van der Waals surface area contributed by atoms with E-state index in [4.69, 9.17) is 4.74 Å². The topological polar surface area (TPSA) is 55.4 Å². The number of nitrogens with one attached hydrogen (secondary N) is 1. The molecule has 4 nitrogen and oxygen atoms in total. The number of halogens is 3. The summed E-state index contributed by atoms with van der Waals surface area (Å²) in [7, 11) is 0. The lowest BCUT2D eigenvalue weighted by molar-refractivity contribution is -0.148. The van der Waals surface area contributed by atoms with Gasteiger partial charge in [-0.05, 0) is 78.7 Å². The van der Waals surface area contributed by atoms with Gasteiger partial charge in [0.1, 0.15) is 11.6 Å². The van der Waals surface area contributed by atoms with Gasteiger partial charge in [-0.3, -0.25) is 9.59 Å². The van der Waals surface area contributed by atoms with Gasteiger partial charge in [0, 0.05) is 5.92 Å². The van der Waals surface area contributed by atoms with Crippen LogP contribution < -0.4 is 5.32 Å². The van der Waals surface area contributed by atoms with Crippen molar-refractivity contribution in [3.8, 4) is 0 Å². The summed E-state index contributed by atoms with van der Waals surface area (Å²) in [6, 6.07) is 15.0. The minimum atomic E-state index is -0.977. The molecule has 0 radical (unpaired) electrons. The van der Waals surface area contributed by atoms with Crippen molar-refractivity contribution in [2.24, 2.45) is 11.8 Å². The van der Waals surface area contributed by atoms with Crippen LogP contribution in [-0.4, -0.2) is 24.8 Å². The molecule has 0 aliphatic carbocycles. The Morgan fingerprint density at radius 2 is 1.59 bits per heavy atom. The Balaban J connectivity index is 0.00000324. The number of benzene rings is 2. The summed E-state index contributed by atoms with van der Waals surface area (Å²) in [4.78, 5) is 27.0. The third kappa shape index (κ3) is 6.50. The fourth-order valence-corrected chi connectivity index (χ4v) is 5.08. The Morgan fingerprint density at radius 3 is 2.12 bits per heavy atom. The van der Waals surface area contributed by atoms with E-state index in [9.17, 15) is 18.4 Å². The number of carbonyl (C=O) groups excluding carboxylic acids is 2. The SMILES string of the molecule is Cl.O=C(CC(C(=O)c1cccs1)C1CCNCC1)OC(c1cccc(F)c1)c1cccc(F)c1. The van der Waals surface area contributed by atoms with E-state index in [1.165, 1.54) is 47.7 Å². The Bertz CT molecular complexity index is 1060. The Morgan fingerprint density at radius 1 is 0.971 bits per heavy atom. The molecule has 1 fully saturated rings. The van der Waals surface area contributed by atoms with Crippen molar-refractivity contribution in [1.29, 1.82) is 0 Å². The van der Waals surface area contributed by atoms with E-state index in [0.717, 1.165) is 25.9 Å². The number of hydrogen-bond acceptors (Lipinski definition) is 5. The largest absolute Gasteiger partial charge is 0.453 e. The van der Waals surface area contributed by atoms with E-state index in [1.807, 2.05) is 11.4 Å². The van der Waals surface area contributed by atoms with Crippen molar-refractivity contribution >= 4 is 35.5 Å². The molecule has 1 unspecified atom stereocenters. The maximum atomic E-state index is 13.9. The molecular formula is C26H26ClF2NO3S. The van der Waals surface area contributed by atoms with Crippen LogP contribution in [0.4, 0.5) is 8.78 Å². The zero-order chi connectivity index (χ0) is 23.2. The normalized spacial score (nSPS) is 14.9. The number of hydrogen-bond donors (Lipinski definition) is 1. The van der Waals surface area contributed by atoms with Crippen molar-refractivity contribution in [3.63, 3.8) is 0 Å². The molecule has 2 aromatic carbocycles. The molecule has 1 N–H and O–H groups in total. The summed E-state index contributed by atoms with van der Waals surface area (Å²) >= 11 is 1.36. The molecule has 0 spiro atoms. The summed E-state index contributed by atoms with van der Waals surface area (Å²) in [5.74, 6) is -2.02. The average Bonchev–Trinajstić information content (AvgIpc) is 3.36. The first kappa shape index (κ1) is 26.0. The van der Waals surface area contributed by atoms with Gasteiger partial charge in [-0.15, -0.1) is 23.7 Å². The quantitative estimate of drug-likeness (QED) is 0.303. The highest BCUT2D eigenvalue weighted by Gasteiger charge is 2.34. The molecule has 1 aliphatic rings. The van der Waals surface area contributed by atoms with Crippen molar-refractivity contribution in [2.75, 3.05) is 13.1 Å². The van der Waals surface area contributed by atoms with Crippen LogP contribution >= 0.6 is 23.7 Å². The summed E-state index contributed by atoms with van der Waals surface area (Å²) in [6.45, 7) is 1.59. The number of thiophene rings is 1. The summed E-state index contributed by atoms with van der Waals surface area (Å²) < 4.78 is 33.6. The van der Waals surface area contributed by atoms with E-state index in [1.54, 1.807) is 18.2 Å². The number of ether oxygens (including phenoxy) is 1. The Labute approximate surface area is 207 Å². The molecule has 0 saturated carbocycles. The number of piperidine rings is 1. The number of carbonyl (C=O) groups is 2. The molecule has 0 amide bonds. The van der Waals surface area contributed by atoms with Crippen LogP contribution in [0, 0.1) is 23.5 Å². The molecule has 180 valence electrons. The molecule has 3 aromatic rings. The number of Topliss-reactive ketones (excluding diaryl/α,β-unsaturated/α-hetero) is 1. The van der Waals surface area contributed by atoms with Crippen LogP contribution in [-0.2, 0) is 9.53 Å². The molecule has 1 aliphatic heterocycles. The molecule has 4 rings (SSSR count). The van der Waals surface area contributed by atoms with Gasteiger partial charge < -0.3 is 10.1 Å². The van der Waals surface area contributed by atoms with E-state index >= 15 is 0 Å². The van der Waals surface area contributed by atoms with Gasteiger partial charge in [0.15, 0.2) is 11.9 Å². The second-order valence-corrected chi connectivity index (χ2v) is 9.17. The predicted octanol–water partition coefficient (Wildman–Crippen LogP) is 5.97. The maximum Gasteiger partial charge on any atom is 0.307 e. The highest BCUT2D eigenvalue weighted by molar-refractivity contribution is 7.12. The summed E-state index contributed by atoms with van der Waals surface area (Å²) in [5.41, 5.74) is 0.800. The van der Waals surface area contributed by atoms with Gasteiger partial charge >= 0.3 is 5.97 Å². The fraction of sp³-hybridized carbons (Fsp3) is 0.308. The second-order valence-electron chi connectivity index (χ2n) is 8.22. The van der Waals surface area contributed by atoms with E-state index in [-0.39, 0.29) is 30.5 Å². The molecular weight excluding hydrogens is 480 g/mol. The van der Waals surface area contributed by atoms with Crippen LogP contribution in [0.5, 0.6) is 0 Å². The Kier molecular flexibility index (Phi) is 9.33. The van der Waals surface area contributed by atoms with Gasteiger partial charge in [0.2, 0.25) is 0 Å². The van der Waals surface area contributed by atoms with Gasteiger partial charge in [-0.25, -0.2) is 8.78 Å². The first-order valence-corrected chi connectivity index (χ1v) is 11.9. The minimum Gasteiger partial charge on any atom is -0.453 e. The third-order valence-corrected chi connectivity index (χ3v) is 6.88. The van der Waals surface area contributed by atoms with Gasteiger partial charge in [0.05, 0.1) is 11.3 Å². The molecule has 0 bridgehead atoms. The number of esters is 1. The molecule has 1 saturated heterocycles. The fourth-order valence-electron chi connectivity index (χ4n) is 4.35. The second kappa shape index (κ2) is 12.2. The van der Waals surface area contributed by atoms with Crippen molar-refractivity contribution in [3.05, 3.63) is 93.7 Å². The summed E-state index contributed by atoms with van der Waals surface area (Å²) in [6.07, 6.45) is 0.538. The van der Waals surface area contributed by atoms with Crippen LogP contribution in [0.15, 0.2) is 66.0 Å².